The molecule has 0 fully saturated rings. The van der Waals surface area contributed by atoms with Crippen molar-refractivity contribution in [3.05, 3.63) is 48.7 Å². The van der Waals surface area contributed by atoms with Gasteiger partial charge >= 0.3 is 0 Å². The molecular formula is C14H14N4O2. The third-order valence-corrected chi connectivity index (χ3v) is 3.10. The largest absolute Gasteiger partial charge is 0.480 e. The minimum Gasteiger partial charge on any atom is -0.480 e. The number of aliphatic hydroxyl groups excluding tert-OH is 1. The Morgan fingerprint density at radius 2 is 2.00 bits per heavy atom. The van der Waals surface area contributed by atoms with Crippen molar-refractivity contribution >= 4 is 11.0 Å². The van der Waals surface area contributed by atoms with E-state index < -0.39 is 6.10 Å². The molecule has 0 aliphatic carbocycles. The molecule has 1 atom stereocenters. The maximum atomic E-state index is 10.3. The van der Waals surface area contributed by atoms with Gasteiger partial charge in [0.25, 0.3) is 0 Å². The molecule has 6 nitrogen and oxygen atoms in total. The lowest BCUT2D eigenvalue weighted by atomic mass is 10.2. The lowest BCUT2D eigenvalue weighted by Gasteiger charge is -2.13. The van der Waals surface area contributed by atoms with Gasteiger partial charge in [0, 0.05) is 12.4 Å². The van der Waals surface area contributed by atoms with E-state index in [-0.39, 0.29) is 0 Å². The molecule has 0 aliphatic rings. The number of hydrogen-bond donors (Lipinski definition) is 1. The quantitative estimate of drug-likeness (QED) is 0.779. The lowest BCUT2D eigenvalue weighted by Crippen LogP contribution is -2.11. The first-order chi connectivity index (χ1) is 9.79. The minimum atomic E-state index is -0.809. The fourth-order valence-electron chi connectivity index (χ4n) is 2.15. The third-order valence-electron chi connectivity index (χ3n) is 3.10. The summed E-state index contributed by atoms with van der Waals surface area (Å²) < 4.78 is 7.00. The van der Waals surface area contributed by atoms with Gasteiger partial charge in [-0.2, -0.15) is 0 Å². The Bertz CT molecular complexity index is 726. The van der Waals surface area contributed by atoms with Gasteiger partial charge in [0.2, 0.25) is 5.88 Å². The molecule has 0 amide bonds. The van der Waals surface area contributed by atoms with E-state index in [0.29, 0.717) is 18.1 Å². The first-order valence-corrected chi connectivity index (χ1v) is 6.22. The van der Waals surface area contributed by atoms with Crippen molar-refractivity contribution in [2.75, 3.05) is 7.11 Å². The number of nitrogens with zero attached hydrogens (tertiary/aromatic N) is 4. The van der Waals surface area contributed by atoms with Crippen molar-refractivity contribution in [2.45, 2.75) is 12.6 Å². The summed E-state index contributed by atoms with van der Waals surface area (Å²) >= 11 is 0. The standard InChI is InChI=1S/C14H14N4O2/c1-20-14-13(15-6-7-16-14)12(19)8-18-9-17-10-4-2-3-5-11(10)18/h2-7,9,12,19H,8H2,1H3. The summed E-state index contributed by atoms with van der Waals surface area (Å²) in [5.74, 6) is 0.337. The van der Waals surface area contributed by atoms with Crippen LogP contribution in [0.1, 0.15) is 11.8 Å². The molecule has 3 aromatic rings. The van der Waals surface area contributed by atoms with Crippen molar-refractivity contribution in [1.82, 2.24) is 19.5 Å². The highest BCUT2D eigenvalue weighted by Crippen LogP contribution is 2.22. The second kappa shape index (κ2) is 5.26. The van der Waals surface area contributed by atoms with Crippen molar-refractivity contribution in [3.8, 4) is 5.88 Å². The fourth-order valence-corrected chi connectivity index (χ4v) is 2.15. The molecule has 1 aromatic carbocycles. The zero-order valence-electron chi connectivity index (χ0n) is 11.0. The smallest absolute Gasteiger partial charge is 0.238 e. The Hall–Kier alpha value is -2.47. The highest BCUT2D eigenvalue weighted by atomic mass is 16.5. The van der Waals surface area contributed by atoms with Crippen LogP contribution in [0, 0.1) is 0 Å². The molecular weight excluding hydrogens is 256 g/mol. The maximum absolute atomic E-state index is 10.3. The average Bonchev–Trinajstić information content (AvgIpc) is 2.90. The normalized spacial score (nSPS) is 12.5. The topological polar surface area (TPSA) is 73.1 Å². The van der Waals surface area contributed by atoms with E-state index >= 15 is 0 Å². The second-order valence-electron chi connectivity index (χ2n) is 4.35. The van der Waals surface area contributed by atoms with E-state index in [2.05, 4.69) is 15.0 Å². The van der Waals surface area contributed by atoms with Crippen LogP contribution in [0.3, 0.4) is 0 Å². The van der Waals surface area contributed by atoms with Crippen LogP contribution in [-0.2, 0) is 6.54 Å². The molecule has 3 rings (SSSR count). The minimum absolute atomic E-state index is 0.337. The van der Waals surface area contributed by atoms with Gasteiger partial charge in [-0.3, -0.25) is 4.98 Å². The molecule has 2 aromatic heterocycles. The number of hydrogen-bond acceptors (Lipinski definition) is 5. The van der Waals surface area contributed by atoms with E-state index in [9.17, 15) is 5.11 Å². The highest BCUT2D eigenvalue weighted by molar-refractivity contribution is 5.74. The van der Waals surface area contributed by atoms with E-state index in [1.807, 2.05) is 28.8 Å². The van der Waals surface area contributed by atoms with Crippen LogP contribution in [0.2, 0.25) is 0 Å². The number of rotatable bonds is 4. The highest BCUT2D eigenvalue weighted by Gasteiger charge is 2.17. The number of aliphatic hydroxyl groups is 1. The van der Waals surface area contributed by atoms with Gasteiger partial charge in [-0.1, -0.05) is 12.1 Å². The zero-order valence-corrected chi connectivity index (χ0v) is 11.0. The first kappa shape index (κ1) is 12.6. The van der Waals surface area contributed by atoms with Gasteiger partial charge in [0.1, 0.15) is 11.8 Å². The summed E-state index contributed by atoms with van der Waals surface area (Å²) in [7, 11) is 1.51. The average molecular weight is 270 g/mol. The summed E-state index contributed by atoms with van der Waals surface area (Å²) in [5.41, 5.74) is 2.29. The van der Waals surface area contributed by atoms with Gasteiger partial charge in [-0.15, -0.1) is 0 Å². The predicted octanol–water partition coefficient (Wildman–Crippen LogP) is 1.57. The van der Waals surface area contributed by atoms with E-state index in [4.69, 9.17) is 4.74 Å². The molecule has 20 heavy (non-hydrogen) atoms. The predicted molar refractivity (Wildman–Crippen MR) is 73.3 cm³/mol. The SMILES string of the molecule is COc1nccnc1C(O)Cn1cnc2ccccc21. The monoisotopic (exact) mass is 270 g/mol. The molecule has 0 saturated heterocycles. The summed E-state index contributed by atoms with van der Waals surface area (Å²) in [5, 5.41) is 10.3. The first-order valence-electron chi connectivity index (χ1n) is 6.22. The number of methoxy groups -OCH3 is 1. The number of ether oxygens (including phenoxy) is 1. The molecule has 6 heteroatoms. The van der Waals surface area contributed by atoms with E-state index in [0.717, 1.165) is 11.0 Å². The van der Waals surface area contributed by atoms with Crippen LogP contribution >= 0.6 is 0 Å². The van der Waals surface area contributed by atoms with Crippen molar-refractivity contribution in [3.63, 3.8) is 0 Å². The number of aromatic nitrogens is 4. The summed E-state index contributed by atoms with van der Waals surface area (Å²) in [6.07, 6.45) is 3.96. The van der Waals surface area contributed by atoms with Crippen LogP contribution in [0.5, 0.6) is 5.88 Å². The van der Waals surface area contributed by atoms with Crippen LogP contribution in [0.15, 0.2) is 43.0 Å². The molecule has 102 valence electrons. The molecule has 2 heterocycles. The summed E-state index contributed by atoms with van der Waals surface area (Å²) in [6, 6.07) is 7.77. The van der Waals surface area contributed by atoms with Gasteiger partial charge in [-0.05, 0) is 12.1 Å². The van der Waals surface area contributed by atoms with Gasteiger partial charge < -0.3 is 14.4 Å². The summed E-state index contributed by atoms with van der Waals surface area (Å²) in [4.78, 5) is 12.5. The van der Waals surface area contributed by atoms with E-state index in [1.54, 1.807) is 6.33 Å². The Morgan fingerprint density at radius 3 is 2.85 bits per heavy atom. The lowest BCUT2D eigenvalue weighted by molar-refractivity contribution is 0.148. The Kier molecular flexibility index (Phi) is 3.30. The van der Waals surface area contributed by atoms with E-state index in [1.165, 1.54) is 19.5 Å². The molecule has 0 bridgehead atoms. The van der Waals surface area contributed by atoms with Crippen LogP contribution < -0.4 is 4.74 Å². The Morgan fingerprint density at radius 1 is 1.20 bits per heavy atom. The molecule has 0 radical (unpaired) electrons. The van der Waals surface area contributed by atoms with Gasteiger partial charge in [0.15, 0.2) is 0 Å². The van der Waals surface area contributed by atoms with Gasteiger partial charge in [0.05, 0.1) is 31.0 Å². The van der Waals surface area contributed by atoms with Crippen LogP contribution in [0.25, 0.3) is 11.0 Å². The van der Waals surface area contributed by atoms with Crippen molar-refractivity contribution < 1.29 is 9.84 Å². The summed E-state index contributed by atoms with van der Waals surface area (Å²) in [6.45, 7) is 0.343. The van der Waals surface area contributed by atoms with Crippen molar-refractivity contribution in [2.24, 2.45) is 0 Å². The maximum Gasteiger partial charge on any atom is 0.238 e. The zero-order chi connectivity index (χ0) is 13.9. The Labute approximate surface area is 115 Å². The molecule has 1 N–H and O–H groups in total. The fraction of sp³-hybridized carbons (Fsp3) is 0.214. The molecule has 0 saturated carbocycles. The van der Waals surface area contributed by atoms with Crippen molar-refractivity contribution in [1.29, 1.82) is 0 Å². The van der Waals surface area contributed by atoms with Crippen LogP contribution in [0.4, 0.5) is 0 Å². The third kappa shape index (κ3) is 2.21. The number of imidazole rings is 1. The molecule has 0 spiro atoms. The Balaban J connectivity index is 1.90. The molecule has 1 unspecified atom stereocenters. The number of para-hydroxylation sites is 2. The number of benzene rings is 1. The molecule has 0 aliphatic heterocycles. The second-order valence-corrected chi connectivity index (χ2v) is 4.35. The van der Waals surface area contributed by atoms with Crippen LogP contribution in [-0.4, -0.2) is 31.7 Å². The van der Waals surface area contributed by atoms with Gasteiger partial charge in [-0.25, -0.2) is 9.97 Å². The number of fused-ring (bicyclic) bond motifs is 1.